The molecule has 0 bridgehead atoms. The first-order valence-corrected chi connectivity index (χ1v) is 10.9. The summed E-state index contributed by atoms with van der Waals surface area (Å²) in [7, 11) is 0. The average molecular weight is 406 g/mol. The lowest BCUT2D eigenvalue weighted by molar-refractivity contribution is -0.125. The standard InChI is InChI=1S/C24H31N5O/c1-16(2)15-26-24(30)19-7-10-28(11-8-19)23-22-14-21(27-29(22)12-9-25-23)20-6-5-17(3)18(4)13-20/h5-6,9,12-14,16,19H,7-8,10-11,15H2,1-4H3,(H,26,30). The zero-order valence-corrected chi connectivity index (χ0v) is 18.4. The van der Waals surface area contributed by atoms with Gasteiger partial charge in [-0.05, 0) is 55.9 Å². The highest BCUT2D eigenvalue weighted by Crippen LogP contribution is 2.29. The molecule has 1 amide bonds. The van der Waals surface area contributed by atoms with Crippen LogP contribution in [0.15, 0.2) is 36.7 Å². The van der Waals surface area contributed by atoms with Crippen molar-refractivity contribution in [3.05, 3.63) is 47.8 Å². The number of aryl methyl sites for hydroxylation is 2. The van der Waals surface area contributed by atoms with Crippen LogP contribution in [0.25, 0.3) is 16.8 Å². The number of fused-ring (bicyclic) bond motifs is 1. The van der Waals surface area contributed by atoms with E-state index in [0.717, 1.165) is 55.1 Å². The van der Waals surface area contributed by atoms with Crippen molar-refractivity contribution < 1.29 is 4.79 Å². The molecule has 2 aromatic heterocycles. The zero-order valence-electron chi connectivity index (χ0n) is 18.4. The van der Waals surface area contributed by atoms with E-state index in [1.165, 1.54) is 11.1 Å². The van der Waals surface area contributed by atoms with Gasteiger partial charge in [0.2, 0.25) is 5.91 Å². The van der Waals surface area contributed by atoms with E-state index >= 15 is 0 Å². The van der Waals surface area contributed by atoms with Crippen molar-refractivity contribution in [3.63, 3.8) is 0 Å². The van der Waals surface area contributed by atoms with Gasteiger partial charge in [-0.15, -0.1) is 0 Å². The number of aromatic nitrogens is 3. The van der Waals surface area contributed by atoms with Gasteiger partial charge in [0.1, 0.15) is 5.52 Å². The van der Waals surface area contributed by atoms with Crippen LogP contribution >= 0.6 is 0 Å². The van der Waals surface area contributed by atoms with Crippen LogP contribution in [0.4, 0.5) is 5.82 Å². The van der Waals surface area contributed by atoms with Crippen molar-refractivity contribution in [2.45, 2.75) is 40.5 Å². The summed E-state index contributed by atoms with van der Waals surface area (Å²) >= 11 is 0. The Bertz CT molecular complexity index is 1050. The Labute approximate surface area is 178 Å². The van der Waals surface area contributed by atoms with Gasteiger partial charge in [0.15, 0.2) is 5.82 Å². The molecule has 1 aliphatic heterocycles. The highest BCUT2D eigenvalue weighted by atomic mass is 16.1. The first-order chi connectivity index (χ1) is 14.4. The normalized spacial score (nSPS) is 15.2. The SMILES string of the molecule is Cc1ccc(-c2cc3c(N4CCC(C(=O)NCC(C)C)CC4)nccn3n2)cc1C. The fourth-order valence-electron chi connectivity index (χ4n) is 4.00. The van der Waals surface area contributed by atoms with Gasteiger partial charge < -0.3 is 10.2 Å². The number of carbonyl (C=O) groups excluding carboxylic acids is 1. The molecule has 3 heterocycles. The smallest absolute Gasteiger partial charge is 0.223 e. The monoisotopic (exact) mass is 405 g/mol. The van der Waals surface area contributed by atoms with E-state index in [4.69, 9.17) is 5.10 Å². The molecule has 0 saturated carbocycles. The largest absolute Gasteiger partial charge is 0.356 e. The van der Waals surface area contributed by atoms with Crippen molar-refractivity contribution in [3.8, 4) is 11.3 Å². The summed E-state index contributed by atoms with van der Waals surface area (Å²) in [5, 5.41) is 7.86. The van der Waals surface area contributed by atoms with Crippen LogP contribution in [0, 0.1) is 25.7 Å². The predicted molar refractivity (Wildman–Crippen MR) is 121 cm³/mol. The summed E-state index contributed by atoms with van der Waals surface area (Å²) in [5.74, 6) is 1.71. The second kappa shape index (κ2) is 8.46. The van der Waals surface area contributed by atoms with Crippen LogP contribution < -0.4 is 10.2 Å². The van der Waals surface area contributed by atoms with Crippen molar-refractivity contribution in [2.24, 2.45) is 11.8 Å². The Morgan fingerprint density at radius 3 is 2.63 bits per heavy atom. The highest BCUT2D eigenvalue weighted by Gasteiger charge is 2.26. The van der Waals surface area contributed by atoms with Crippen LogP contribution in [-0.2, 0) is 4.79 Å². The Morgan fingerprint density at radius 2 is 1.93 bits per heavy atom. The van der Waals surface area contributed by atoms with Crippen molar-refractivity contribution in [1.29, 1.82) is 0 Å². The Kier molecular flexibility index (Phi) is 5.75. The fourth-order valence-corrected chi connectivity index (χ4v) is 4.00. The third-order valence-electron chi connectivity index (χ3n) is 6.02. The number of amides is 1. The molecule has 0 spiro atoms. The van der Waals surface area contributed by atoms with E-state index in [0.29, 0.717) is 5.92 Å². The fraction of sp³-hybridized carbons (Fsp3) is 0.458. The lowest BCUT2D eigenvalue weighted by Crippen LogP contribution is -2.41. The number of rotatable bonds is 5. The molecular weight excluding hydrogens is 374 g/mol. The van der Waals surface area contributed by atoms with Gasteiger partial charge in [-0.25, -0.2) is 9.50 Å². The molecule has 6 nitrogen and oxygen atoms in total. The van der Waals surface area contributed by atoms with Crippen LogP contribution in [0.3, 0.4) is 0 Å². The van der Waals surface area contributed by atoms with E-state index in [1.807, 2.05) is 10.7 Å². The number of benzene rings is 1. The van der Waals surface area contributed by atoms with Gasteiger partial charge in [0.25, 0.3) is 0 Å². The summed E-state index contributed by atoms with van der Waals surface area (Å²) in [4.78, 5) is 19.4. The summed E-state index contributed by atoms with van der Waals surface area (Å²) in [6.45, 7) is 10.9. The number of nitrogens with zero attached hydrogens (tertiary/aromatic N) is 4. The third kappa shape index (κ3) is 4.18. The summed E-state index contributed by atoms with van der Waals surface area (Å²) < 4.78 is 1.91. The minimum Gasteiger partial charge on any atom is -0.356 e. The van der Waals surface area contributed by atoms with Crippen molar-refractivity contribution >= 4 is 17.2 Å². The number of carbonyl (C=O) groups is 1. The number of piperidine rings is 1. The minimum atomic E-state index is 0.0933. The molecule has 0 aliphatic carbocycles. The number of anilines is 1. The van der Waals surface area contributed by atoms with Crippen molar-refractivity contribution in [2.75, 3.05) is 24.5 Å². The summed E-state index contributed by atoms with van der Waals surface area (Å²) in [5.41, 5.74) is 5.63. The van der Waals surface area contributed by atoms with Gasteiger partial charge in [-0.1, -0.05) is 26.0 Å². The molecule has 1 saturated heterocycles. The molecule has 3 aromatic rings. The molecule has 1 N–H and O–H groups in total. The molecule has 1 aliphatic rings. The predicted octanol–water partition coefficient (Wildman–Crippen LogP) is 4.00. The van der Waals surface area contributed by atoms with E-state index in [-0.39, 0.29) is 11.8 Å². The molecule has 1 aromatic carbocycles. The molecule has 0 atom stereocenters. The molecule has 1 fully saturated rings. The van der Waals surface area contributed by atoms with Crippen LogP contribution in [0.5, 0.6) is 0 Å². The maximum absolute atomic E-state index is 12.4. The first-order valence-electron chi connectivity index (χ1n) is 10.9. The summed E-state index contributed by atoms with van der Waals surface area (Å²) in [6, 6.07) is 8.57. The van der Waals surface area contributed by atoms with E-state index in [9.17, 15) is 4.79 Å². The highest BCUT2D eigenvalue weighted by molar-refractivity contribution is 5.79. The summed E-state index contributed by atoms with van der Waals surface area (Å²) in [6.07, 6.45) is 5.41. The van der Waals surface area contributed by atoms with Crippen LogP contribution in [-0.4, -0.2) is 40.1 Å². The van der Waals surface area contributed by atoms with Crippen LogP contribution in [0.1, 0.15) is 37.8 Å². The second-order valence-electron chi connectivity index (χ2n) is 8.81. The maximum atomic E-state index is 12.4. The zero-order chi connectivity index (χ0) is 21.3. The third-order valence-corrected chi connectivity index (χ3v) is 6.02. The van der Waals surface area contributed by atoms with Gasteiger partial charge >= 0.3 is 0 Å². The molecule has 158 valence electrons. The number of hydrogen-bond donors (Lipinski definition) is 1. The first kappa shape index (κ1) is 20.4. The van der Waals surface area contributed by atoms with E-state index < -0.39 is 0 Å². The average Bonchev–Trinajstić information content (AvgIpc) is 3.18. The van der Waals surface area contributed by atoms with Crippen molar-refractivity contribution in [1.82, 2.24) is 19.9 Å². The second-order valence-corrected chi connectivity index (χ2v) is 8.81. The molecule has 6 heteroatoms. The van der Waals surface area contributed by atoms with Gasteiger partial charge in [0.05, 0.1) is 5.69 Å². The van der Waals surface area contributed by atoms with Crippen LogP contribution in [0.2, 0.25) is 0 Å². The molecule has 0 unspecified atom stereocenters. The van der Waals surface area contributed by atoms with E-state index in [1.54, 1.807) is 6.20 Å². The lowest BCUT2D eigenvalue weighted by atomic mass is 9.95. The Morgan fingerprint density at radius 1 is 1.17 bits per heavy atom. The van der Waals surface area contributed by atoms with E-state index in [2.05, 4.69) is 67.2 Å². The molecule has 4 rings (SSSR count). The van der Waals surface area contributed by atoms with Gasteiger partial charge in [-0.2, -0.15) is 5.10 Å². The van der Waals surface area contributed by atoms with Gasteiger partial charge in [0, 0.05) is 43.5 Å². The Hall–Kier alpha value is -2.89. The number of hydrogen-bond acceptors (Lipinski definition) is 4. The molecule has 30 heavy (non-hydrogen) atoms. The minimum absolute atomic E-state index is 0.0933. The van der Waals surface area contributed by atoms with Gasteiger partial charge in [-0.3, -0.25) is 4.79 Å². The Balaban J connectivity index is 1.52. The topological polar surface area (TPSA) is 62.5 Å². The lowest BCUT2D eigenvalue weighted by Gasteiger charge is -2.32. The molecule has 0 radical (unpaired) electrons. The number of nitrogens with one attached hydrogen (secondary N) is 1. The molecular formula is C24H31N5O. The quantitative estimate of drug-likeness (QED) is 0.697. The maximum Gasteiger partial charge on any atom is 0.223 e.